The first-order valence-corrected chi connectivity index (χ1v) is 9.24. The van der Waals surface area contributed by atoms with Crippen LogP contribution >= 0.6 is 0 Å². The number of nitrogens with zero attached hydrogens (tertiary/aromatic N) is 6. The minimum Gasteiger partial charge on any atom is -0.341 e. The average Bonchev–Trinajstić information content (AvgIpc) is 3.16. The molecule has 2 aliphatic rings. The van der Waals surface area contributed by atoms with Gasteiger partial charge in [-0.3, -0.25) is 9.78 Å². The lowest BCUT2D eigenvalue weighted by Crippen LogP contribution is -2.45. The van der Waals surface area contributed by atoms with Gasteiger partial charge in [0, 0.05) is 57.1 Å². The van der Waals surface area contributed by atoms with E-state index in [0.29, 0.717) is 11.6 Å². The highest BCUT2D eigenvalue weighted by molar-refractivity contribution is 5.62. The van der Waals surface area contributed by atoms with Crippen molar-refractivity contribution in [3.8, 4) is 11.3 Å². The van der Waals surface area contributed by atoms with Crippen molar-refractivity contribution in [3.63, 3.8) is 0 Å². The van der Waals surface area contributed by atoms with Crippen molar-refractivity contribution in [2.24, 2.45) is 0 Å². The lowest BCUT2D eigenvalue weighted by atomic mass is 10.2. The fourth-order valence-electron chi connectivity index (χ4n) is 3.53. The summed E-state index contributed by atoms with van der Waals surface area (Å²) < 4.78 is 0. The second-order valence-electron chi connectivity index (χ2n) is 7.11. The largest absolute Gasteiger partial charge is 0.341 e. The third kappa shape index (κ3) is 3.41. The van der Waals surface area contributed by atoms with Gasteiger partial charge < -0.3 is 14.7 Å². The summed E-state index contributed by atoms with van der Waals surface area (Å²) in [4.78, 5) is 35.5. The Morgan fingerprint density at radius 3 is 2.42 bits per heavy atom. The van der Waals surface area contributed by atoms with Crippen molar-refractivity contribution in [2.75, 3.05) is 56.1 Å². The molecule has 0 spiro atoms. The number of hydrogen-bond acceptors (Lipinski definition) is 7. The predicted octanol–water partition coefficient (Wildman–Crippen LogP) is 0.887. The van der Waals surface area contributed by atoms with Crippen LogP contribution in [0.1, 0.15) is 18.5 Å². The summed E-state index contributed by atoms with van der Waals surface area (Å²) in [6.07, 6.45) is 4.17. The Labute approximate surface area is 152 Å². The Bertz CT molecular complexity index is 836. The summed E-state index contributed by atoms with van der Waals surface area (Å²) in [6.45, 7) is 7.60. The summed E-state index contributed by atoms with van der Waals surface area (Å²) in [5.74, 6) is 1.40. The number of hydrogen-bond donors (Lipinski definition) is 1. The number of piperazine rings is 1. The van der Waals surface area contributed by atoms with Crippen LogP contribution in [0.4, 0.5) is 11.9 Å². The predicted molar refractivity (Wildman–Crippen MR) is 102 cm³/mol. The van der Waals surface area contributed by atoms with Crippen LogP contribution in [0.5, 0.6) is 0 Å². The van der Waals surface area contributed by atoms with Crippen LogP contribution in [0.15, 0.2) is 17.1 Å². The van der Waals surface area contributed by atoms with Crippen molar-refractivity contribution >= 4 is 11.9 Å². The van der Waals surface area contributed by atoms with Gasteiger partial charge in [-0.15, -0.1) is 0 Å². The molecule has 1 N–H and O–H groups in total. The molecule has 0 atom stereocenters. The molecule has 8 nitrogen and oxygen atoms in total. The third-order valence-corrected chi connectivity index (χ3v) is 5.16. The Kier molecular flexibility index (Phi) is 4.58. The van der Waals surface area contributed by atoms with Crippen molar-refractivity contribution in [2.45, 2.75) is 19.8 Å². The van der Waals surface area contributed by atoms with E-state index in [4.69, 9.17) is 4.98 Å². The summed E-state index contributed by atoms with van der Waals surface area (Å²) in [5.41, 5.74) is 2.15. The molecule has 8 heteroatoms. The first kappa shape index (κ1) is 17.0. The molecule has 0 saturated carbocycles. The lowest BCUT2D eigenvalue weighted by Gasteiger charge is -2.32. The SMILES string of the molecule is Cc1nc(N2CCCC2)ncc1-c1cc(=O)[nH]c(N2CCN(C)CC2)n1. The Morgan fingerprint density at radius 1 is 1.00 bits per heavy atom. The molecule has 0 aliphatic carbocycles. The van der Waals surface area contributed by atoms with Gasteiger partial charge >= 0.3 is 0 Å². The molecule has 2 aliphatic heterocycles. The highest BCUT2D eigenvalue weighted by Crippen LogP contribution is 2.23. The first-order chi connectivity index (χ1) is 12.6. The second-order valence-corrected chi connectivity index (χ2v) is 7.11. The molecule has 4 rings (SSSR count). The van der Waals surface area contributed by atoms with Crippen LogP contribution in [0.2, 0.25) is 0 Å². The number of likely N-dealkylation sites (N-methyl/N-ethyl adjacent to an activating group) is 1. The Hall–Kier alpha value is -2.48. The highest BCUT2D eigenvalue weighted by atomic mass is 16.1. The van der Waals surface area contributed by atoms with Crippen LogP contribution in [-0.2, 0) is 0 Å². The number of aromatic amines is 1. The molecule has 0 amide bonds. The molecular weight excluding hydrogens is 330 g/mol. The molecule has 0 aromatic carbocycles. The Morgan fingerprint density at radius 2 is 1.73 bits per heavy atom. The minimum atomic E-state index is -0.146. The van der Waals surface area contributed by atoms with E-state index < -0.39 is 0 Å². The van der Waals surface area contributed by atoms with E-state index in [1.54, 1.807) is 6.20 Å². The van der Waals surface area contributed by atoms with Gasteiger partial charge in [-0.1, -0.05) is 0 Å². The molecule has 4 heterocycles. The van der Waals surface area contributed by atoms with E-state index in [1.165, 1.54) is 18.9 Å². The maximum absolute atomic E-state index is 12.2. The van der Waals surface area contributed by atoms with Gasteiger partial charge in [-0.2, -0.15) is 0 Å². The van der Waals surface area contributed by atoms with Gasteiger partial charge in [0.05, 0.1) is 11.4 Å². The molecule has 2 aromatic rings. The van der Waals surface area contributed by atoms with E-state index in [2.05, 4.69) is 36.7 Å². The number of H-pyrrole nitrogens is 1. The molecule has 2 aromatic heterocycles. The standard InChI is InChI=1S/C18H25N7O/c1-13-14(12-19-17(20-13)24-5-3-4-6-24)15-11-16(26)22-18(21-15)25-9-7-23(2)8-10-25/h11-12H,3-10H2,1-2H3,(H,21,22,26). The van der Waals surface area contributed by atoms with Crippen molar-refractivity contribution < 1.29 is 0 Å². The molecule has 138 valence electrons. The van der Waals surface area contributed by atoms with Gasteiger partial charge in [-0.25, -0.2) is 15.0 Å². The molecule has 26 heavy (non-hydrogen) atoms. The maximum Gasteiger partial charge on any atom is 0.252 e. The molecule has 0 bridgehead atoms. The highest BCUT2D eigenvalue weighted by Gasteiger charge is 2.19. The number of aromatic nitrogens is 4. The summed E-state index contributed by atoms with van der Waals surface area (Å²) >= 11 is 0. The molecule has 0 unspecified atom stereocenters. The average molecular weight is 355 g/mol. The Balaban J connectivity index is 1.64. The lowest BCUT2D eigenvalue weighted by molar-refractivity contribution is 0.311. The van der Waals surface area contributed by atoms with E-state index in [9.17, 15) is 4.79 Å². The van der Waals surface area contributed by atoms with Crippen LogP contribution in [-0.4, -0.2) is 71.2 Å². The zero-order chi connectivity index (χ0) is 18.1. The monoisotopic (exact) mass is 355 g/mol. The van der Waals surface area contributed by atoms with E-state index in [0.717, 1.165) is 56.5 Å². The molecule has 2 saturated heterocycles. The zero-order valence-corrected chi connectivity index (χ0v) is 15.4. The van der Waals surface area contributed by atoms with Crippen molar-refractivity contribution in [1.82, 2.24) is 24.8 Å². The van der Waals surface area contributed by atoms with Gasteiger partial charge in [0.15, 0.2) is 0 Å². The fraction of sp³-hybridized carbons (Fsp3) is 0.556. The van der Waals surface area contributed by atoms with Gasteiger partial charge in [0.25, 0.3) is 5.56 Å². The molecule has 0 radical (unpaired) electrons. The minimum absolute atomic E-state index is 0.146. The van der Waals surface area contributed by atoms with Gasteiger partial charge in [0.2, 0.25) is 11.9 Å². The fourth-order valence-corrected chi connectivity index (χ4v) is 3.53. The topological polar surface area (TPSA) is 81.2 Å². The summed E-state index contributed by atoms with van der Waals surface area (Å²) in [5, 5.41) is 0. The number of anilines is 2. The zero-order valence-electron chi connectivity index (χ0n) is 15.4. The molecular formula is C18H25N7O. The van der Waals surface area contributed by atoms with E-state index >= 15 is 0 Å². The quantitative estimate of drug-likeness (QED) is 0.875. The van der Waals surface area contributed by atoms with Crippen LogP contribution in [0, 0.1) is 6.92 Å². The van der Waals surface area contributed by atoms with Crippen molar-refractivity contribution in [3.05, 3.63) is 28.3 Å². The smallest absolute Gasteiger partial charge is 0.252 e. The normalized spacial score (nSPS) is 18.5. The second kappa shape index (κ2) is 7.03. The number of rotatable bonds is 3. The third-order valence-electron chi connectivity index (χ3n) is 5.16. The summed E-state index contributed by atoms with van der Waals surface area (Å²) in [6, 6.07) is 1.53. The van der Waals surface area contributed by atoms with E-state index in [1.807, 2.05) is 6.92 Å². The van der Waals surface area contributed by atoms with Crippen molar-refractivity contribution in [1.29, 1.82) is 0 Å². The number of nitrogens with one attached hydrogen (secondary N) is 1. The number of aryl methyl sites for hydroxylation is 1. The van der Waals surface area contributed by atoms with Crippen LogP contribution < -0.4 is 15.4 Å². The van der Waals surface area contributed by atoms with E-state index in [-0.39, 0.29) is 5.56 Å². The maximum atomic E-state index is 12.2. The molecule has 2 fully saturated rings. The van der Waals surface area contributed by atoms with Crippen LogP contribution in [0.25, 0.3) is 11.3 Å². The van der Waals surface area contributed by atoms with Gasteiger partial charge in [-0.05, 0) is 26.8 Å². The summed E-state index contributed by atoms with van der Waals surface area (Å²) in [7, 11) is 2.10. The first-order valence-electron chi connectivity index (χ1n) is 9.24. The van der Waals surface area contributed by atoms with Gasteiger partial charge in [0.1, 0.15) is 0 Å². The van der Waals surface area contributed by atoms with Crippen LogP contribution in [0.3, 0.4) is 0 Å².